The lowest BCUT2D eigenvalue weighted by molar-refractivity contribution is -0.117. The maximum atomic E-state index is 12.6. The highest BCUT2D eigenvalue weighted by molar-refractivity contribution is 6.31. The van der Waals surface area contributed by atoms with Gasteiger partial charge in [-0.25, -0.2) is 0 Å². The molecule has 2 aromatic rings. The fourth-order valence-electron chi connectivity index (χ4n) is 2.92. The first kappa shape index (κ1) is 19.0. The van der Waals surface area contributed by atoms with Gasteiger partial charge >= 0.3 is 0 Å². The number of amides is 2. The summed E-state index contributed by atoms with van der Waals surface area (Å²) in [5.41, 5.74) is 0.984. The molecule has 0 radical (unpaired) electrons. The fraction of sp³-hybridized carbons (Fsp3) is 0.300. The van der Waals surface area contributed by atoms with E-state index in [9.17, 15) is 9.59 Å². The molecule has 1 heterocycles. The standard InChI is InChI=1S/C20H21ClN2O4/c1-26-15-5-7-16(8-6-15)27-12-10-22-20(25)17-9-4-14(21)13-18(17)23-11-2-3-19(23)24/h4-9,13H,2-3,10-12H2,1H3,(H,22,25). The molecule has 0 bridgehead atoms. The molecule has 27 heavy (non-hydrogen) atoms. The minimum absolute atomic E-state index is 0.00848. The maximum absolute atomic E-state index is 12.6. The first-order valence-corrected chi connectivity index (χ1v) is 9.11. The number of hydrogen-bond donors (Lipinski definition) is 1. The molecule has 1 aliphatic rings. The zero-order valence-electron chi connectivity index (χ0n) is 15.0. The number of carbonyl (C=O) groups excluding carboxylic acids is 2. The van der Waals surface area contributed by atoms with Crippen LogP contribution in [0.5, 0.6) is 11.5 Å². The first-order chi connectivity index (χ1) is 13.1. The zero-order chi connectivity index (χ0) is 19.2. The van der Waals surface area contributed by atoms with Gasteiger partial charge in [0.2, 0.25) is 5.91 Å². The van der Waals surface area contributed by atoms with Crippen molar-refractivity contribution in [3.8, 4) is 11.5 Å². The van der Waals surface area contributed by atoms with Crippen LogP contribution in [-0.4, -0.2) is 38.6 Å². The predicted octanol–water partition coefficient (Wildman–Crippen LogP) is 3.28. The van der Waals surface area contributed by atoms with Gasteiger partial charge in [-0.3, -0.25) is 9.59 Å². The third-order valence-corrected chi connectivity index (χ3v) is 4.52. The molecule has 1 aliphatic heterocycles. The van der Waals surface area contributed by atoms with Crippen molar-refractivity contribution >= 4 is 29.1 Å². The second-order valence-corrected chi connectivity index (χ2v) is 6.53. The van der Waals surface area contributed by atoms with Crippen LogP contribution in [0.15, 0.2) is 42.5 Å². The average Bonchev–Trinajstić information content (AvgIpc) is 3.11. The third kappa shape index (κ3) is 4.71. The quantitative estimate of drug-likeness (QED) is 0.739. The number of nitrogens with zero attached hydrogens (tertiary/aromatic N) is 1. The van der Waals surface area contributed by atoms with Crippen molar-refractivity contribution in [2.24, 2.45) is 0 Å². The summed E-state index contributed by atoms with van der Waals surface area (Å²) < 4.78 is 10.7. The Labute approximate surface area is 163 Å². The zero-order valence-corrected chi connectivity index (χ0v) is 15.8. The minimum atomic E-state index is -0.264. The molecule has 0 spiro atoms. The molecule has 2 amide bonds. The number of hydrogen-bond acceptors (Lipinski definition) is 4. The molecule has 0 atom stereocenters. The summed E-state index contributed by atoms with van der Waals surface area (Å²) in [6.07, 6.45) is 1.27. The van der Waals surface area contributed by atoms with Gasteiger partial charge in [0, 0.05) is 18.0 Å². The van der Waals surface area contributed by atoms with Gasteiger partial charge in [0.1, 0.15) is 18.1 Å². The number of halogens is 1. The smallest absolute Gasteiger partial charge is 0.253 e. The third-order valence-electron chi connectivity index (χ3n) is 4.28. The van der Waals surface area contributed by atoms with Gasteiger partial charge in [-0.2, -0.15) is 0 Å². The van der Waals surface area contributed by atoms with E-state index < -0.39 is 0 Å². The highest BCUT2D eigenvalue weighted by Crippen LogP contribution is 2.28. The second-order valence-electron chi connectivity index (χ2n) is 6.09. The molecule has 1 N–H and O–H groups in total. The first-order valence-electron chi connectivity index (χ1n) is 8.73. The van der Waals surface area contributed by atoms with Crippen LogP contribution in [0.3, 0.4) is 0 Å². The number of rotatable bonds is 7. The topological polar surface area (TPSA) is 67.9 Å². The van der Waals surface area contributed by atoms with E-state index in [0.29, 0.717) is 48.1 Å². The fourth-order valence-corrected chi connectivity index (χ4v) is 3.09. The number of anilines is 1. The molecular weight excluding hydrogens is 368 g/mol. The van der Waals surface area contributed by atoms with Crippen molar-refractivity contribution in [2.45, 2.75) is 12.8 Å². The molecule has 7 heteroatoms. The Morgan fingerprint density at radius 1 is 1.19 bits per heavy atom. The molecule has 6 nitrogen and oxygen atoms in total. The Kier molecular flexibility index (Phi) is 6.19. The molecule has 0 saturated carbocycles. The highest BCUT2D eigenvalue weighted by atomic mass is 35.5. The molecule has 3 rings (SSSR count). The summed E-state index contributed by atoms with van der Waals surface area (Å²) in [7, 11) is 1.60. The normalized spacial score (nSPS) is 13.6. The molecular formula is C20H21ClN2O4. The van der Waals surface area contributed by atoms with E-state index in [1.165, 1.54) is 0 Å². The van der Waals surface area contributed by atoms with Crippen LogP contribution < -0.4 is 19.7 Å². The number of carbonyl (C=O) groups is 2. The summed E-state index contributed by atoms with van der Waals surface area (Å²) >= 11 is 6.07. The molecule has 0 aromatic heterocycles. The van der Waals surface area contributed by atoms with E-state index in [2.05, 4.69) is 5.32 Å². The van der Waals surface area contributed by atoms with Crippen molar-refractivity contribution in [2.75, 3.05) is 31.7 Å². The van der Waals surface area contributed by atoms with E-state index in [-0.39, 0.29) is 11.8 Å². The number of benzene rings is 2. The lowest BCUT2D eigenvalue weighted by Crippen LogP contribution is -2.31. The van der Waals surface area contributed by atoms with Gasteiger partial charge in [0.25, 0.3) is 5.91 Å². The predicted molar refractivity (Wildman–Crippen MR) is 104 cm³/mol. The summed E-state index contributed by atoms with van der Waals surface area (Å²) in [6.45, 7) is 1.25. The van der Waals surface area contributed by atoms with Crippen LogP contribution in [0.2, 0.25) is 5.02 Å². The molecule has 1 saturated heterocycles. The van der Waals surface area contributed by atoms with E-state index in [4.69, 9.17) is 21.1 Å². The largest absolute Gasteiger partial charge is 0.497 e. The summed E-state index contributed by atoms with van der Waals surface area (Å²) in [4.78, 5) is 26.2. The van der Waals surface area contributed by atoms with Crippen molar-refractivity contribution < 1.29 is 19.1 Å². The maximum Gasteiger partial charge on any atom is 0.253 e. The average molecular weight is 389 g/mol. The molecule has 2 aromatic carbocycles. The van der Waals surface area contributed by atoms with Crippen molar-refractivity contribution in [3.63, 3.8) is 0 Å². The number of methoxy groups -OCH3 is 1. The highest BCUT2D eigenvalue weighted by Gasteiger charge is 2.26. The van der Waals surface area contributed by atoms with Crippen molar-refractivity contribution in [1.82, 2.24) is 5.32 Å². The summed E-state index contributed by atoms with van der Waals surface area (Å²) in [5.74, 6) is 1.19. The number of nitrogens with one attached hydrogen (secondary N) is 1. The Morgan fingerprint density at radius 3 is 2.59 bits per heavy atom. The molecule has 0 aliphatic carbocycles. The van der Waals surface area contributed by atoms with Crippen LogP contribution in [0.4, 0.5) is 5.69 Å². The van der Waals surface area contributed by atoms with Gasteiger partial charge in [0.05, 0.1) is 24.9 Å². The van der Waals surface area contributed by atoms with Crippen LogP contribution in [0.1, 0.15) is 23.2 Å². The van der Waals surface area contributed by atoms with E-state index >= 15 is 0 Å². The Morgan fingerprint density at radius 2 is 1.93 bits per heavy atom. The van der Waals surface area contributed by atoms with Gasteiger partial charge in [-0.15, -0.1) is 0 Å². The van der Waals surface area contributed by atoms with Crippen molar-refractivity contribution in [1.29, 1.82) is 0 Å². The Balaban J connectivity index is 1.58. The molecule has 0 unspecified atom stereocenters. The second kappa shape index (κ2) is 8.77. The van der Waals surface area contributed by atoms with E-state index in [1.54, 1.807) is 54.5 Å². The van der Waals surface area contributed by atoms with E-state index in [0.717, 1.165) is 12.2 Å². The Hall–Kier alpha value is -2.73. The van der Waals surface area contributed by atoms with Gasteiger partial charge in [0.15, 0.2) is 0 Å². The lowest BCUT2D eigenvalue weighted by atomic mass is 10.1. The summed E-state index contributed by atoms with van der Waals surface area (Å²) in [6, 6.07) is 12.2. The van der Waals surface area contributed by atoms with Crippen LogP contribution in [-0.2, 0) is 4.79 Å². The van der Waals surface area contributed by atoms with Gasteiger partial charge in [-0.1, -0.05) is 11.6 Å². The SMILES string of the molecule is COc1ccc(OCCNC(=O)c2ccc(Cl)cc2N2CCCC2=O)cc1. The summed E-state index contributed by atoms with van der Waals surface area (Å²) in [5, 5.41) is 3.31. The van der Waals surface area contributed by atoms with Crippen LogP contribution >= 0.6 is 11.6 Å². The number of ether oxygens (including phenoxy) is 2. The van der Waals surface area contributed by atoms with Gasteiger partial charge < -0.3 is 19.7 Å². The van der Waals surface area contributed by atoms with E-state index in [1.807, 2.05) is 0 Å². The van der Waals surface area contributed by atoms with Crippen LogP contribution in [0, 0.1) is 0 Å². The van der Waals surface area contributed by atoms with Gasteiger partial charge in [-0.05, 0) is 48.9 Å². The lowest BCUT2D eigenvalue weighted by Gasteiger charge is -2.19. The van der Waals surface area contributed by atoms with Crippen molar-refractivity contribution in [3.05, 3.63) is 53.1 Å². The molecule has 142 valence electrons. The monoisotopic (exact) mass is 388 g/mol. The van der Waals surface area contributed by atoms with Crippen LogP contribution in [0.25, 0.3) is 0 Å². The molecule has 1 fully saturated rings. The minimum Gasteiger partial charge on any atom is -0.497 e. The Bertz CT molecular complexity index is 823.